The second-order valence-corrected chi connectivity index (χ2v) is 7.74. The highest BCUT2D eigenvalue weighted by atomic mass is 127. The van der Waals surface area contributed by atoms with E-state index in [9.17, 15) is 5.11 Å². The van der Waals surface area contributed by atoms with Gasteiger partial charge in [-0.2, -0.15) is 0 Å². The maximum absolute atomic E-state index is 9.46. The van der Waals surface area contributed by atoms with Crippen molar-refractivity contribution in [3.8, 4) is 0 Å². The third-order valence-electron chi connectivity index (χ3n) is 6.06. The highest BCUT2D eigenvalue weighted by Gasteiger charge is 2.64. The minimum Gasteiger partial charge on any atom is -0.392 e. The van der Waals surface area contributed by atoms with E-state index in [1.54, 1.807) is 5.57 Å². The molecule has 2 fully saturated rings. The third kappa shape index (κ3) is 1.29. The predicted molar refractivity (Wildman–Crippen MR) is 78.9 cm³/mol. The van der Waals surface area contributed by atoms with Crippen LogP contribution in [0.1, 0.15) is 40.0 Å². The summed E-state index contributed by atoms with van der Waals surface area (Å²) in [5.41, 5.74) is 3.64. The largest absolute Gasteiger partial charge is 0.392 e. The van der Waals surface area contributed by atoms with Crippen molar-refractivity contribution in [3.05, 3.63) is 20.8 Å². The molecule has 3 atom stereocenters. The van der Waals surface area contributed by atoms with Gasteiger partial charge in [0.05, 0.1) is 6.61 Å². The molecule has 0 heterocycles. The van der Waals surface area contributed by atoms with Crippen LogP contribution in [0, 0.1) is 22.7 Å². The van der Waals surface area contributed by atoms with Gasteiger partial charge in [-0.25, -0.2) is 0 Å². The molecule has 2 heteroatoms. The van der Waals surface area contributed by atoms with Gasteiger partial charge in [0, 0.05) is 3.58 Å². The molecule has 0 aromatic rings. The number of rotatable bonds is 1. The van der Waals surface area contributed by atoms with Gasteiger partial charge in [-0.05, 0) is 75.7 Å². The van der Waals surface area contributed by atoms with Gasteiger partial charge < -0.3 is 5.11 Å². The van der Waals surface area contributed by atoms with Crippen LogP contribution in [0.2, 0.25) is 0 Å². The van der Waals surface area contributed by atoms with E-state index in [1.165, 1.54) is 22.0 Å². The summed E-state index contributed by atoms with van der Waals surface area (Å²) in [5, 5.41) is 9.46. The fourth-order valence-corrected chi connectivity index (χ4v) is 6.07. The second-order valence-electron chi connectivity index (χ2n) is 6.66. The average molecular weight is 344 g/mol. The zero-order chi connectivity index (χ0) is 12.4. The Hall–Kier alpha value is 0.170. The average Bonchev–Trinajstić information content (AvgIpc) is 2.60. The highest BCUT2D eigenvalue weighted by Crippen LogP contribution is 2.72. The monoisotopic (exact) mass is 344 g/mol. The summed E-state index contributed by atoms with van der Waals surface area (Å²) in [5.74, 6) is 1.61. The van der Waals surface area contributed by atoms with Crippen molar-refractivity contribution in [1.29, 1.82) is 0 Å². The third-order valence-corrected chi connectivity index (χ3v) is 7.34. The quantitative estimate of drug-likeness (QED) is 0.711. The fraction of sp³-hybridized carbons (Fsp3) is 0.733. The molecule has 94 valence electrons. The Morgan fingerprint density at radius 2 is 2.12 bits per heavy atom. The molecule has 0 spiro atoms. The molecule has 3 aliphatic rings. The van der Waals surface area contributed by atoms with Crippen molar-refractivity contribution < 1.29 is 5.11 Å². The standard InChI is InChI=1S/C15H21IO/c1-14(2)11-6-7-15(14,3)12-10(11)5-4-9(8-17)13(12)16/h4,10-11,17H,5-8H2,1-3H3. The Labute approximate surface area is 118 Å². The molecule has 0 aliphatic heterocycles. The van der Waals surface area contributed by atoms with Gasteiger partial charge >= 0.3 is 0 Å². The molecule has 0 aromatic heterocycles. The van der Waals surface area contributed by atoms with Crippen molar-refractivity contribution >= 4 is 22.6 Å². The molecule has 3 rings (SSSR count). The van der Waals surface area contributed by atoms with E-state index in [0.29, 0.717) is 10.8 Å². The van der Waals surface area contributed by atoms with Gasteiger partial charge in [-0.1, -0.05) is 26.8 Å². The SMILES string of the molecule is CC12CCC(C3CC=C(CO)C(I)=C31)C2(C)C. The number of fused-ring (bicyclic) bond motifs is 5. The molecule has 17 heavy (non-hydrogen) atoms. The highest BCUT2D eigenvalue weighted by molar-refractivity contribution is 14.1. The lowest BCUT2D eigenvalue weighted by Gasteiger charge is -2.37. The molecule has 1 nitrogen and oxygen atoms in total. The van der Waals surface area contributed by atoms with E-state index in [-0.39, 0.29) is 6.61 Å². The van der Waals surface area contributed by atoms with E-state index in [2.05, 4.69) is 49.4 Å². The van der Waals surface area contributed by atoms with Crippen LogP contribution in [-0.2, 0) is 0 Å². The van der Waals surface area contributed by atoms with Crippen molar-refractivity contribution in [3.63, 3.8) is 0 Å². The summed E-state index contributed by atoms with van der Waals surface area (Å²) < 4.78 is 1.37. The number of halogens is 1. The normalized spacial score (nSPS) is 42.8. The lowest BCUT2D eigenvalue weighted by atomic mass is 9.68. The van der Waals surface area contributed by atoms with Crippen LogP contribution in [0.3, 0.4) is 0 Å². The van der Waals surface area contributed by atoms with E-state index in [1.807, 2.05) is 0 Å². The Balaban J connectivity index is 2.16. The molecular weight excluding hydrogens is 323 g/mol. The van der Waals surface area contributed by atoms with Gasteiger partial charge in [0.25, 0.3) is 0 Å². The summed E-state index contributed by atoms with van der Waals surface area (Å²) in [6, 6.07) is 0. The lowest BCUT2D eigenvalue weighted by molar-refractivity contribution is 0.172. The van der Waals surface area contributed by atoms with Crippen LogP contribution in [0.25, 0.3) is 0 Å². The summed E-state index contributed by atoms with van der Waals surface area (Å²) in [6.45, 7) is 7.58. The maximum Gasteiger partial charge on any atom is 0.0689 e. The smallest absolute Gasteiger partial charge is 0.0689 e. The molecule has 3 aliphatic carbocycles. The van der Waals surface area contributed by atoms with Crippen molar-refractivity contribution in [1.82, 2.24) is 0 Å². The van der Waals surface area contributed by atoms with Gasteiger partial charge in [0.1, 0.15) is 0 Å². The summed E-state index contributed by atoms with van der Waals surface area (Å²) in [6.07, 6.45) is 6.16. The van der Waals surface area contributed by atoms with Crippen molar-refractivity contribution in [2.24, 2.45) is 22.7 Å². The minimum absolute atomic E-state index is 0.204. The number of hydrogen-bond donors (Lipinski definition) is 1. The predicted octanol–water partition coefficient (Wildman–Crippen LogP) is 4.07. The van der Waals surface area contributed by atoms with E-state index in [4.69, 9.17) is 0 Å². The van der Waals surface area contributed by atoms with E-state index >= 15 is 0 Å². The maximum atomic E-state index is 9.46. The van der Waals surface area contributed by atoms with Crippen LogP contribution < -0.4 is 0 Å². The molecule has 2 saturated carbocycles. The first kappa shape index (κ1) is 12.2. The first-order valence-corrected chi connectivity index (χ1v) is 7.72. The molecular formula is C15H21IO. The topological polar surface area (TPSA) is 20.2 Å². The first-order valence-electron chi connectivity index (χ1n) is 6.64. The molecule has 3 unspecified atom stereocenters. The summed E-state index contributed by atoms with van der Waals surface area (Å²) >= 11 is 2.47. The van der Waals surface area contributed by atoms with Crippen molar-refractivity contribution in [2.45, 2.75) is 40.0 Å². The number of allylic oxidation sites excluding steroid dienone is 2. The zero-order valence-corrected chi connectivity index (χ0v) is 13.0. The van der Waals surface area contributed by atoms with Gasteiger partial charge in [0.15, 0.2) is 0 Å². The number of aliphatic hydroxyl groups excluding tert-OH is 1. The first-order chi connectivity index (χ1) is 7.93. The van der Waals surface area contributed by atoms with Crippen LogP contribution in [-0.4, -0.2) is 11.7 Å². The van der Waals surface area contributed by atoms with Crippen LogP contribution in [0.4, 0.5) is 0 Å². The molecule has 0 saturated heterocycles. The van der Waals surface area contributed by atoms with Gasteiger partial charge in [-0.15, -0.1) is 0 Å². The number of hydrogen-bond acceptors (Lipinski definition) is 1. The fourth-order valence-electron chi connectivity index (χ4n) is 4.69. The zero-order valence-electron chi connectivity index (χ0n) is 10.9. The Morgan fingerprint density at radius 1 is 1.41 bits per heavy atom. The Bertz CT molecular complexity index is 432. The minimum atomic E-state index is 0.204. The summed E-state index contributed by atoms with van der Waals surface area (Å²) in [4.78, 5) is 0. The van der Waals surface area contributed by atoms with Crippen LogP contribution in [0.15, 0.2) is 20.8 Å². The van der Waals surface area contributed by atoms with Crippen LogP contribution >= 0.6 is 22.6 Å². The Kier molecular flexibility index (Phi) is 2.58. The van der Waals surface area contributed by atoms with E-state index < -0.39 is 0 Å². The lowest BCUT2D eigenvalue weighted by Crippen LogP contribution is -2.28. The molecule has 1 N–H and O–H groups in total. The van der Waals surface area contributed by atoms with E-state index in [0.717, 1.165) is 18.3 Å². The molecule has 0 aromatic carbocycles. The summed E-state index contributed by atoms with van der Waals surface area (Å²) in [7, 11) is 0. The van der Waals surface area contributed by atoms with Gasteiger partial charge in [0.2, 0.25) is 0 Å². The number of aliphatic hydroxyl groups is 1. The molecule has 2 bridgehead atoms. The molecule has 0 amide bonds. The van der Waals surface area contributed by atoms with Gasteiger partial charge in [-0.3, -0.25) is 0 Å². The van der Waals surface area contributed by atoms with Crippen molar-refractivity contribution in [2.75, 3.05) is 6.61 Å². The van der Waals surface area contributed by atoms with Crippen LogP contribution in [0.5, 0.6) is 0 Å². The second kappa shape index (κ2) is 3.60. The Morgan fingerprint density at radius 3 is 2.76 bits per heavy atom. The molecule has 0 radical (unpaired) electrons.